The summed E-state index contributed by atoms with van der Waals surface area (Å²) >= 11 is 0. The standard InChI is InChI=1S/C22H22FN5O/c1-27-14-20-18(13-28(22(27)29)17-8-3-2-4-9-17)21(26-15-25-20)24-12-11-16-7-5-6-10-19(16)23/h2-10,15H,11-14H2,1H3,(H,24,25,26). The quantitative estimate of drug-likeness (QED) is 0.718. The van der Waals surface area contributed by atoms with Gasteiger partial charge in [0.15, 0.2) is 0 Å². The van der Waals surface area contributed by atoms with E-state index in [2.05, 4.69) is 15.3 Å². The summed E-state index contributed by atoms with van der Waals surface area (Å²) in [6, 6.07) is 16.2. The lowest BCUT2D eigenvalue weighted by Crippen LogP contribution is -2.38. The molecule has 29 heavy (non-hydrogen) atoms. The number of aromatic nitrogens is 2. The van der Waals surface area contributed by atoms with Crippen LogP contribution in [-0.4, -0.2) is 34.5 Å². The van der Waals surface area contributed by atoms with Crippen molar-refractivity contribution >= 4 is 17.5 Å². The van der Waals surface area contributed by atoms with Crippen molar-refractivity contribution in [2.75, 3.05) is 23.8 Å². The maximum absolute atomic E-state index is 13.9. The first-order valence-electron chi connectivity index (χ1n) is 9.51. The monoisotopic (exact) mass is 391 g/mol. The summed E-state index contributed by atoms with van der Waals surface area (Å²) in [5, 5.41) is 3.30. The second kappa shape index (κ2) is 8.26. The highest BCUT2D eigenvalue weighted by Crippen LogP contribution is 2.27. The van der Waals surface area contributed by atoms with E-state index >= 15 is 0 Å². The summed E-state index contributed by atoms with van der Waals surface area (Å²) in [4.78, 5) is 25.1. The number of hydrogen-bond acceptors (Lipinski definition) is 4. The van der Waals surface area contributed by atoms with Crippen molar-refractivity contribution in [3.05, 3.63) is 83.6 Å². The Morgan fingerprint density at radius 1 is 1.03 bits per heavy atom. The number of hydrogen-bond donors (Lipinski definition) is 1. The minimum Gasteiger partial charge on any atom is -0.369 e. The molecular weight excluding hydrogens is 369 g/mol. The van der Waals surface area contributed by atoms with Gasteiger partial charge in [0, 0.05) is 24.8 Å². The number of carbonyl (C=O) groups excluding carboxylic acids is 1. The molecule has 0 saturated heterocycles. The van der Waals surface area contributed by atoms with E-state index in [1.54, 1.807) is 29.0 Å². The Labute approximate surface area is 169 Å². The number of urea groups is 1. The predicted molar refractivity (Wildman–Crippen MR) is 110 cm³/mol. The van der Waals surface area contributed by atoms with Crippen LogP contribution >= 0.6 is 0 Å². The van der Waals surface area contributed by atoms with Crippen LogP contribution in [0.5, 0.6) is 0 Å². The largest absolute Gasteiger partial charge is 0.369 e. The molecule has 2 heterocycles. The third-order valence-electron chi connectivity index (χ3n) is 5.01. The van der Waals surface area contributed by atoms with E-state index in [-0.39, 0.29) is 11.8 Å². The zero-order valence-electron chi connectivity index (χ0n) is 16.2. The molecule has 0 spiro atoms. The fourth-order valence-electron chi connectivity index (χ4n) is 3.45. The molecule has 2 aromatic carbocycles. The minimum atomic E-state index is -0.210. The Hall–Kier alpha value is -3.48. The summed E-state index contributed by atoms with van der Waals surface area (Å²) in [6.45, 7) is 1.30. The SMILES string of the molecule is CN1Cc2ncnc(NCCc3ccccc3F)c2CN(c2ccccc2)C1=O. The van der Waals surface area contributed by atoms with Gasteiger partial charge < -0.3 is 10.2 Å². The summed E-state index contributed by atoms with van der Waals surface area (Å²) < 4.78 is 13.9. The number of amides is 2. The van der Waals surface area contributed by atoms with Gasteiger partial charge in [-0.05, 0) is 30.2 Å². The van der Waals surface area contributed by atoms with E-state index in [0.29, 0.717) is 37.4 Å². The molecule has 0 aliphatic carbocycles. The highest BCUT2D eigenvalue weighted by Gasteiger charge is 2.28. The van der Waals surface area contributed by atoms with E-state index in [9.17, 15) is 9.18 Å². The predicted octanol–water partition coefficient (Wildman–Crippen LogP) is 3.84. The second-order valence-electron chi connectivity index (χ2n) is 6.98. The molecule has 3 aromatic rings. The smallest absolute Gasteiger partial charge is 0.324 e. The molecule has 0 unspecified atom stereocenters. The normalized spacial score (nSPS) is 13.8. The highest BCUT2D eigenvalue weighted by atomic mass is 19.1. The number of carbonyl (C=O) groups is 1. The van der Waals surface area contributed by atoms with Crippen LogP contribution in [0.15, 0.2) is 60.9 Å². The van der Waals surface area contributed by atoms with Gasteiger partial charge in [-0.1, -0.05) is 36.4 Å². The van der Waals surface area contributed by atoms with E-state index in [0.717, 1.165) is 16.9 Å². The van der Waals surface area contributed by atoms with Crippen LogP contribution in [0.3, 0.4) is 0 Å². The van der Waals surface area contributed by atoms with Crippen molar-refractivity contribution < 1.29 is 9.18 Å². The van der Waals surface area contributed by atoms with Gasteiger partial charge in [0.2, 0.25) is 0 Å². The number of nitrogens with zero attached hydrogens (tertiary/aromatic N) is 4. The van der Waals surface area contributed by atoms with Gasteiger partial charge >= 0.3 is 6.03 Å². The molecular formula is C22H22FN5O. The molecule has 1 aliphatic rings. The van der Waals surface area contributed by atoms with Crippen LogP contribution in [0.2, 0.25) is 0 Å². The number of rotatable bonds is 5. The number of anilines is 2. The number of nitrogens with one attached hydrogen (secondary N) is 1. The fourth-order valence-corrected chi connectivity index (χ4v) is 3.45. The van der Waals surface area contributed by atoms with E-state index < -0.39 is 0 Å². The first-order valence-corrected chi connectivity index (χ1v) is 9.51. The molecule has 6 nitrogen and oxygen atoms in total. The molecule has 0 atom stereocenters. The first kappa shape index (κ1) is 18.9. The van der Waals surface area contributed by atoms with Gasteiger partial charge in [0.25, 0.3) is 0 Å². The van der Waals surface area contributed by atoms with Crippen LogP contribution in [-0.2, 0) is 19.5 Å². The fraction of sp³-hybridized carbons (Fsp3) is 0.227. The summed E-state index contributed by atoms with van der Waals surface area (Å²) in [6.07, 6.45) is 2.04. The van der Waals surface area contributed by atoms with Gasteiger partial charge in [0.1, 0.15) is 18.0 Å². The van der Waals surface area contributed by atoms with Crippen molar-refractivity contribution in [1.82, 2.24) is 14.9 Å². The molecule has 0 fully saturated rings. The molecule has 2 amide bonds. The van der Waals surface area contributed by atoms with Crippen LogP contribution in [0.1, 0.15) is 16.8 Å². The van der Waals surface area contributed by atoms with Gasteiger partial charge in [-0.25, -0.2) is 19.2 Å². The highest BCUT2D eigenvalue weighted by molar-refractivity contribution is 5.92. The maximum Gasteiger partial charge on any atom is 0.324 e. The zero-order chi connectivity index (χ0) is 20.2. The molecule has 1 aromatic heterocycles. The average Bonchev–Trinajstić information content (AvgIpc) is 2.87. The number of benzene rings is 2. The Balaban J connectivity index is 1.58. The van der Waals surface area contributed by atoms with Gasteiger partial charge in [-0.2, -0.15) is 0 Å². The Morgan fingerprint density at radius 3 is 2.59 bits per heavy atom. The van der Waals surface area contributed by atoms with Gasteiger partial charge in [0.05, 0.1) is 18.8 Å². The van der Waals surface area contributed by atoms with E-state index in [1.807, 2.05) is 36.4 Å². The second-order valence-corrected chi connectivity index (χ2v) is 6.98. The molecule has 0 saturated carbocycles. The van der Waals surface area contributed by atoms with Crippen molar-refractivity contribution in [2.45, 2.75) is 19.5 Å². The van der Waals surface area contributed by atoms with Crippen molar-refractivity contribution in [2.24, 2.45) is 0 Å². The lowest BCUT2D eigenvalue weighted by Gasteiger charge is -2.25. The van der Waals surface area contributed by atoms with Crippen molar-refractivity contribution in [3.63, 3.8) is 0 Å². The number of fused-ring (bicyclic) bond motifs is 1. The third kappa shape index (κ3) is 4.03. The molecule has 148 valence electrons. The van der Waals surface area contributed by atoms with Crippen molar-refractivity contribution in [1.29, 1.82) is 0 Å². The van der Waals surface area contributed by atoms with Crippen LogP contribution < -0.4 is 10.2 Å². The Kier molecular flexibility index (Phi) is 5.37. The summed E-state index contributed by atoms with van der Waals surface area (Å²) in [7, 11) is 1.76. The van der Waals surface area contributed by atoms with Crippen LogP contribution in [0, 0.1) is 5.82 Å². The number of para-hydroxylation sites is 1. The van der Waals surface area contributed by atoms with Gasteiger partial charge in [-0.3, -0.25) is 4.90 Å². The molecule has 1 N–H and O–H groups in total. The van der Waals surface area contributed by atoms with Gasteiger partial charge in [-0.15, -0.1) is 0 Å². The average molecular weight is 391 g/mol. The molecule has 0 bridgehead atoms. The molecule has 1 aliphatic heterocycles. The summed E-state index contributed by atoms with van der Waals surface area (Å²) in [5.74, 6) is 0.466. The minimum absolute atomic E-state index is 0.0912. The molecule has 0 radical (unpaired) electrons. The topological polar surface area (TPSA) is 61.4 Å². The lowest BCUT2D eigenvalue weighted by molar-refractivity contribution is 0.214. The number of halogens is 1. The van der Waals surface area contributed by atoms with Crippen LogP contribution in [0.4, 0.5) is 20.7 Å². The van der Waals surface area contributed by atoms with Crippen molar-refractivity contribution in [3.8, 4) is 0 Å². The van der Waals surface area contributed by atoms with E-state index in [1.165, 1.54) is 12.4 Å². The molecule has 7 heteroatoms. The Morgan fingerprint density at radius 2 is 1.79 bits per heavy atom. The molecule has 4 rings (SSSR count). The zero-order valence-corrected chi connectivity index (χ0v) is 16.2. The summed E-state index contributed by atoms with van der Waals surface area (Å²) in [5.41, 5.74) is 3.16. The van der Waals surface area contributed by atoms with Crippen LogP contribution in [0.25, 0.3) is 0 Å². The third-order valence-corrected chi connectivity index (χ3v) is 5.01. The van der Waals surface area contributed by atoms with E-state index in [4.69, 9.17) is 0 Å². The Bertz CT molecular complexity index is 1010. The first-order chi connectivity index (χ1) is 14.1. The lowest BCUT2D eigenvalue weighted by atomic mass is 10.1. The maximum atomic E-state index is 13.9.